The van der Waals surface area contributed by atoms with E-state index in [1.807, 2.05) is 51.1 Å². The van der Waals surface area contributed by atoms with Gasteiger partial charge in [0.1, 0.15) is 18.3 Å². The molecule has 0 aliphatic heterocycles. The molecule has 0 heterocycles. The van der Waals surface area contributed by atoms with Gasteiger partial charge in [0.25, 0.3) is 10.0 Å². The van der Waals surface area contributed by atoms with Gasteiger partial charge in [-0.05, 0) is 62.2 Å². The topological polar surface area (TPSA) is 96.0 Å². The smallest absolute Gasteiger partial charge is 0.264 e. The molecule has 0 saturated carbocycles. The molecule has 0 aliphatic carbocycles. The first-order chi connectivity index (χ1) is 18.3. The van der Waals surface area contributed by atoms with E-state index in [2.05, 4.69) is 5.32 Å². The highest BCUT2D eigenvalue weighted by Crippen LogP contribution is 2.26. The van der Waals surface area contributed by atoms with Gasteiger partial charge >= 0.3 is 0 Å². The number of hydrogen-bond donors (Lipinski definition) is 1. The third-order valence-electron chi connectivity index (χ3n) is 5.98. The molecule has 0 spiro atoms. The lowest BCUT2D eigenvalue weighted by atomic mass is 10.1. The first-order valence-electron chi connectivity index (χ1n) is 12.7. The number of sulfonamides is 1. The number of nitrogens with zero attached hydrogens (tertiary/aromatic N) is 2. The van der Waals surface area contributed by atoms with Crippen LogP contribution >= 0.6 is 0 Å². The van der Waals surface area contributed by atoms with Gasteiger partial charge < -0.3 is 15.0 Å². The minimum Gasteiger partial charge on any atom is -0.494 e. The summed E-state index contributed by atoms with van der Waals surface area (Å²) in [6.07, 6.45) is 0.374. The number of rotatable bonds is 13. The Balaban J connectivity index is 2.03. The van der Waals surface area contributed by atoms with Gasteiger partial charge in [-0.25, -0.2) is 8.42 Å². The molecular formula is C29H35N3O5S. The Bertz CT molecular complexity index is 1280. The Morgan fingerprint density at radius 2 is 1.47 bits per heavy atom. The van der Waals surface area contributed by atoms with Crippen molar-refractivity contribution in [1.82, 2.24) is 10.2 Å². The Kier molecular flexibility index (Phi) is 10.3. The van der Waals surface area contributed by atoms with E-state index >= 15 is 0 Å². The van der Waals surface area contributed by atoms with Crippen molar-refractivity contribution in [2.75, 3.05) is 24.0 Å². The van der Waals surface area contributed by atoms with E-state index in [1.54, 1.807) is 42.5 Å². The number of nitrogens with one attached hydrogen (secondary N) is 1. The second-order valence-corrected chi connectivity index (χ2v) is 10.4. The monoisotopic (exact) mass is 537 g/mol. The Hall–Kier alpha value is -3.85. The number of benzene rings is 3. The second-order valence-electron chi connectivity index (χ2n) is 8.58. The standard InChI is InChI=1S/C29H35N3O5S/c1-4-27(29(34)30-5-2)31(21-23-13-9-7-10-14-23)28(33)22-32(24-17-19-25(20-18-24)37-6-3)38(35,36)26-15-11-8-12-16-26/h7-20,27H,4-6,21-22H2,1-3H3,(H,30,34)/t27-/m0/s1. The summed E-state index contributed by atoms with van der Waals surface area (Å²) in [5.74, 6) is -0.175. The van der Waals surface area contributed by atoms with Crippen molar-refractivity contribution in [3.05, 3.63) is 90.5 Å². The lowest BCUT2D eigenvalue weighted by molar-refractivity contribution is -0.140. The zero-order valence-corrected chi connectivity index (χ0v) is 22.9. The lowest BCUT2D eigenvalue weighted by Crippen LogP contribution is -2.52. The maximum atomic E-state index is 13.9. The molecule has 0 aliphatic rings. The highest BCUT2D eigenvalue weighted by molar-refractivity contribution is 7.92. The minimum absolute atomic E-state index is 0.0621. The molecular weight excluding hydrogens is 502 g/mol. The molecule has 3 rings (SSSR count). The summed E-state index contributed by atoms with van der Waals surface area (Å²) in [6.45, 7) is 6.08. The van der Waals surface area contributed by atoms with Gasteiger partial charge in [-0.1, -0.05) is 55.5 Å². The number of hydrogen-bond acceptors (Lipinski definition) is 5. The maximum Gasteiger partial charge on any atom is 0.264 e. The van der Waals surface area contributed by atoms with Crippen molar-refractivity contribution in [2.45, 2.75) is 44.7 Å². The fraction of sp³-hybridized carbons (Fsp3) is 0.310. The first-order valence-corrected chi connectivity index (χ1v) is 14.2. The highest BCUT2D eigenvalue weighted by atomic mass is 32.2. The molecule has 1 atom stereocenters. The van der Waals surface area contributed by atoms with E-state index in [0.717, 1.165) is 9.87 Å². The molecule has 0 fully saturated rings. The van der Waals surface area contributed by atoms with Crippen LogP contribution in [0.15, 0.2) is 89.8 Å². The van der Waals surface area contributed by atoms with E-state index < -0.39 is 28.5 Å². The summed E-state index contributed by atoms with van der Waals surface area (Å²) in [5, 5.41) is 2.80. The lowest BCUT2D eigenvalue weighted by Gasteiger charge is -2.33. The Morgan fingerprint density at radius 3 is 2.03 bits per heavy atom. The molecule has 8 nitrogen and oxygen atoms in total. The molecule has 9 heteroatoms. The van der Waals surface area contributed by atoms with Crippen LogP contribution in [0.4, 0.5) is 5.69 Å². The Labute approximate surface area is 225 Å². The van der Waals surface area contributed by atoms with Crippen molar-refractivity contribution in [3.8, 4) is 5.75 Å². The molecule has 38 heavy (non-hydrogen) atoms. The summed E-state index contributed by atoms with van der Waals surface area (Å²) in [7, 11) is -4.10. The van der Waals surface area contributed by atoms with Crippen LogP contribution in [0, 0.1) is 0 Å². The van der Waals surface area contributed by atoms with E-state index in [4.69, 9.17) is 4.74 Å². The van der Waals surface area contributed by atoms with Gasteiger partial charge in [-0.2, -0.15) is 0 Å². The van der Waals surface area contributed by atoms with Crippen molar-refractivity contribution >= 4 is 27.5 Å². The van der Waals surface area contributed by atoms with Gasteiger partial charge in [-0.3, -0.25) is 13.9 Å². The molecule has 0 unspecified atom stereocenters. The molecule has 1 N–H and O–H groups in total. The van der Waals surface area contributed by atoms with Gasteiger partial charge in [0.2, 0.25) is 11.8 Å². The van der Waals surface area contributed by atoms with Crippen molar-refractivity contribution in [3.63, 3.8) is 0 Å². The normalized spacial score (nSPS) is 11.9. The average Bonchev–Trinajstić information content (AvgIpc) is 2.93. The quantitative estimate of drug-likeness (QED) is 0.352. The van der Waals surface area contributed by atoms with E-state index in [-0.39, 0.29) is 17.3 Å². The third-order valence-corrected chi connectivity index (χ3v) is 7.77. The maximum absolute atomic E-state index is 13.9. The van der Waals surface area contributed by atoms with Gasteiger partial charge in [0.15, 0.2) is 0 Å². The molecule has 0 aromatic heterocycles. The SMILES string of the molecule is CCNC(=O)[C@H](CC)N(Cc1ccccc1)C(=O)CN(c1ccc(OCC)cc1)S(=O)(=O)c1ccccc1. The molecule has 3 aromatic carbocycles. The summed E-state index contributed by atoms with van der Waals surface area (Å²) >= 11 is 0. The van der Waals surface area contributed by atoms with E-state index in [0.29, 0.717) is 31.0 Å². The zero-order chi connectivity index (χ0) is 27.5. The molecule has 0 bridgehead atoms. The van der Waals surface area contributed by atoms with Gasteiger partial charge in [0, 0.05) is 13.1 Å². The first kappa shape index (κ1) is 28.7. The predicted molar refractivity (Wildman–Crippen MR) is 148 cm³/mol. The van der Waals surface area contributed by atoms with Crippen LogP contribution in [0.25, 0.3) is 0 Å². The van der Waals surface area contributed by atoms with Crippen LogP contribution in [0.2, 0.25) is 0 Å². The zero-order valence-electron chi connectivity index (χ0n) is 22.0. The third kappa shape index (κ3) is 7.13. The number of ether oxygens (including phenoxy) is 1. The number of amides is 2. The molecule has 3 aromatic rings. The summed E-state index contributed by atoms with van der Waals surface area (Å²) < 4.78 is 34.2. The molecule has 2 amide bonds. The van der Waals surface area contributed by atoms with E-state index in [1.165, 1.54) is 17.0 Å². The molecule has 0 radical (unpaired) electrons. The van der Waals surface area contributed by atoms with Crippen LogP contribution < -0.4 is 14.4 Å². The van der Waals surface area contributed by atoms with Gasteiger partial charge in [0.05, 0.1) is 17.2 Å². The largest absolute Gasteiger partial charge is 0.494 e. The molecule has 202 valence electrons. The van der Waals surface area contributed by atoms with Crippen LogP contribution in [-0.4, -0.2) is 50.9 Å². The Morgan fingerprint density at radius 1 is 0.868 bits per heavy atom. The van der Waals surface area contributed by atoms with E-state index in [9.17, 15) is 18.0 Å². The van der Waals surface area contributed by atoms with Crippen molar-refractivity contribution in [1.29, 1.82) is 0 Å². The number of anilines is 1. The number of likely N-dealkylation sites (N-methyl/N-ethyl adjacent to an activating group) is 1. The number of carbonyl (C=O) groups is 2. The van der Waals surface area contributed by atoms with Crippen LogP contribution in [0.3, 0.4) is 0 Å². The van der Waals surface area contributed by atoms with Gasteiger partial charge in [-0.15, -0.1) is 0 Å². The summed E-state index contributed by atoms with van der Waals surface area (Å²) in [5.41, 5.74) is 1.15. The summed E-state index contributed by atoms with van der Waals surface area (Å²) in [4.78, 5) is 28.4. The van der Waals surface area contributed by atoms with Crippen molar-refractivity contribution in [2.24, 2.45) is 0 Å². The number of carbonyl (C=O) groups excluding carboxylic acids is 2. The minimum atomic E-state index is -4.10. The molecule has 0 saturated heterocycles. The van der Waals surface area contributed by atoms with Crippen LogP contribution in [0.1, 0.15) is 32.8 Å². The average molecular weight is 538 g/mol. The van der Waals surface area contributed by atoms with Crippen LogP contribution in [-0.2, 0) is 26.2 Å². The highest BCUT2D eigenvalue weighted by Gasteiger charge is 2.33. The second kappa shape index (κ2) is 13.6. The fourth-order valence-corrected chi connectivity index (χ4v) is 5.55. The predicted octanol–water partition coefficient (Wildman–Crippen LogP) is 4.22. The van der Waals surface area contributed by atoms with Crippen molar-refractivity contribution < 1.29 is 22.7 Å². The summed E-state index contributed by atoms with van der Waals surface area (Å²) in [6, 6.07) is 23.1. The fourth-order valence-electron chi connectivity index (χ4n) is 4.12. The van der Waals surface area contributed by atoms with Crippen LogP contribution in [0.5, 0.6) is 5.75 Å².